The standard InChI is InChI=1S/C15H14O4/c1-2-5-13(16)19-12-9-8-10-6-3-4-7-11(10)14(12)15(17)18/h3-4,6-9H,2,5H2,1H3,(H,17,18). The molecule has 98 valence electrons. The highest BCUT2D eigenvalue weighted by Crippen LogP contribution is 2.28. The lowest BCUT2D eigenvalue weighted by Crippen LogP contribution is -2.11. The number of aromatic carboxylic acids is 1. The third kappa shape index (κ3) is 2.73. The van der Waals surface area contributed by atoms with Gasteiger partial charge in [-0.3, -0.25) is 4.79 Å². The summed E-state index contributed by atoms with van der Waals surface area (Å²) in [6.45, 7) is 1.86. The van der Waals surface area contributed by atoms with Crippen molar-refractivity contribution in [2.45, 2.75) is 19.8 Å². The molecule has 0 aliphatic heterocycles. The summed E-state index contributed by atoms with van der Waals surface area (Å²) in [5, 5.41) is 10.7. The van der Waals surface area contributed by atoms with Crippen molar-refractivity contribution < 1.29 is 19.4 Å². The lowest BCUT2D eigenvalue weighted by molar-refractivity contribution is -0.134. The summed E-state index contributed by atoms with van der Waals surface area (Å²) >= 11 is 0. The van der Waals surface area contributed by atoms with Crippen molar-refractivity contribution in [1.29, 1.82) is 0 Å². The van der Waals surface area contributed by atoms with Gasteiger partial charge in [0.2, 0.25) is 0 Å². The quantitative estimate of drug-likeness (QED) is 0.675. The van der Waals surface area contributed by atoms with Crippen LogP contribution in [0.5, 0.6) is 5.75 Å². The Labute approximate surface area is 110 Å². The first-order valence-corrected chi connectivity index (χ1v) is 6.09. The highest BCUT2D eigenvalue weighted by molar-refractivity contribution is 6.06. The normalized spacial score (nSPS) is 10.4. The Morgan fingerprint density at radius 1 is 1.16 bits per heavy atom. The molecule has 0 fully saturated rings. The maximum Gasteiger partial charge on any atom is 0.340 e. The summed E-state index contributed by atoms with van der Waals surface area (Å²) in [5.41, 5.74) is 0.0301. The van der Waals surface area contributed by atoms with E-state index < -0.39 is 11.9 Å². The number of benzene rings is 2. The number of carboxylic acid groups (broad SMARTS) is 1. The highest BCUT2D eigenvalue weighted by Gasteiger charge is 2.17. The molecule has 0 bridgehead atoms. The fraction of sp³-hybridized carbons (Fsp3) is 0.200. The van der Waals surface area contributed by atoms with Gasteiger partial charge in [0, 0.05) is 6.42 Å². The molecule has 0 amide bonds. The molecule has 0 saturated carbocycles. The summed E-state index contributed by atoms with van der Waals surface area (Å²) in [7, 11) is 0. The van der Waals surface area contributed by atoms with Crippen LogP contribution < -0.4 is 4.74 Å². The fourth-order valence-electron chi connectivity index (χ4n) is 1.93. The molecule has 0 aromatic heterocycles. The van der Waals surface area contributed by atoms with E-state index in [1.54, 1.807) is 18.2 Å². The van der Waals surface area contributed by atoms with Crippen molar-refractivity contribution >= 4 is 22.7 Å². The van der Waals surface area contributed by atoms with E-state index in [9.17, 15) is 14.7 Å². The number of rotatable bonds is 4. The zero-order valence-electron chi connectivity index (χ0n) is 10.6. The van der Waals surface area contributed by atoms with Crippen LogP contribution in [0.15, 0.2) is 36.4 Å². The Bertz CT molecular complexity index is 631. The molecular weight excluding hydrogens is 244 g/mol. The van der Waals surface area contributed by atoms with Gasteiger partial charge in [-0.2, -0.15) is 0 Å². The van der Waals surface area contributed by atoms with Crippen molar-refractivity contribution in [2.24, 2.45) is 0 Å². The van der Waals surface area contributed by atoms with E-state index >= 15 is 0 Å². The highest BCUT2D eigenvalue weighted by atomic mass is 16.5. The molecule has 0 aliphatic rings. The Morgan fingerprint density at radius 3 is 2.58 bits per heavy atom. The van der Waals surface area contributed by atoms with Crippen molar-refractivity contribution in [3.05, 3.63) is 42.0 Å². The maximum atomic E-state index is 11.5. The molecule has 0 heterocycles. The van der Waals surface area contributed by atoms with Crippen molar-refractivity contribution in [1.82, 2.24) is 0 Å². The number of carboxylic acids is 1. The molecule has 2 rings (SSSR count). The van der Waals surface area contributed by atoms with Crippen LogP contribution in [0.3, 0.4) is 0 Å². The van der Waals surface area contributed by atoms with Crippen LogP contribution in [0.4, 0.5) is 0 Å². The number of hydrogen-bond acceptors (Lipinski definition) is 3. The summed E-state index contributed by atoms with van der Waals surface area (Å²) in [6.07, 6.45) is 0.931. The van der Waals surface area contributed by atoms with Crippen LogP contribution in [-0.2, 0) is 4.79 Å². The Morgan fingerprint density at radius 2 is 1.89 bits per heavy atom. The van der Waals surface area contributed by atoms with Gasteiger partial charge in [0.15, 0.2) is 0 Å². The minimum atomic E-state index is -1.10. The average Bonchev–Trinajstić information content (AvgIpc) is 2.38. The van der Waals surface area contributed by atoms with Crippen LogP contribution in [-0.4, -0.2) is 17.0 Å². The molecule has 2 aromatic carbocycles. The Kier molecular flexibility index (Phi) is 3.80. The molecule has 1 N–H and O–H groups in total. The number of carbonyl (C=O) groups excluding carboxylic acids is 1. The molecule has 19 heavy (non-hydrogen) atoms. The molecule has 0 spiro atoms. The summed E-state index contributed by atoms with van der Waals surface area (Å²) in [4.78, 5) is 22.9. The molecule has 4 nitrogen and oxygen atoms in total. The van der Waals surface area contributed by atoms with E-state index in [-0.39, 0.29) is 17.7 Å². The van der Waals surface area contributed by atoms with Gasteiger partial charge in [-0.1, -0.05) is 37.3 Å². The third-order valence-corrected chi connectivity index (χ3v) is 2.78. The first-order valence-electron chi connectivity index (χ1n) is 6.09. The predicted octanol–water partition coefficient (Wildman–Crippen LogP) is 3.24. The minimum Gasteiger partial charge on any atom is -0.478 e. The zero-order valence-corrected chi connectivity index (χ0v) is 10.6. The van der Waals surface area contributed by atoms with Gasteiger partial charge in [-0.25, -0.2) is 4.79 Å². The van der Waals surface area contributed by atoms with E-state index in [1.165, 1.54) is 6.07 Å². The lowest BCUT2D eigenvalue weighted by Gasteiger charge is -2.09. The Balaban J connectivity index is 2.52. The largest absolute Gasteiger partial charge is 0.478 e. The topological polar surface area (TPSA) is 63.6 Å². The van der Waals surface area contributed by atoms with Gasteiger partial charge in [-0.05, 0) is 23.3 Å². The van der Waals surface area contributed by atoms with E-state index in [4.69, 9.17) is 4.74 Å². The van der Waals surface area contributed by atoms with Crippen LogP contribution in [0, 0.1) is 0 Å². The molecule has 0 atom stereocenters. The third-order valence-electron chi connectivity index (χ3n) is 2.78. The Hall–Kier alpha value is -2.36. The van der Waals surface area contributed by atoms with Crippen molar-refractivity contribution in [3.8, 4) is 5.75 Å². The summed E-state index contributed by atoms with van der Waals surface area (Å²) in [6, 6.07) is 10.4. The van der Waals surface area contributed by atoms with Crippen LogP contribution in [0.25, 0.3) is 10.8 Å². The molecule has 4 heteroatoms. The monoisotopic (exact) mass is 258 g/mol. The van der Waals surface area contributed by atoms with Gasteiger partial charge in [0.25, 0.3) is 0 Å². The molecule has 0 radical (unpaired) electrons. The first-order chi connectivity index (χ1) is 9.13. The lowest BCUT2D eigenvalue weighted by atomic mass is 10.0. The van der Waals surface area contributed by atoms with Crippen LogP contribution in [0.2, 0.25) is 0 Å². The van der Waals surface area contributed by atoms with Crippen LogP contribution in [0.1, 0.15) is 30.1 Å². The molecule has 0 unspecified atom stereocenters. The van der Waals surface area contributed by atoms with Crippen molar-refractivity contribution in [3.63, 3.8) is 0 Å². The van der Waals surface area contributed by atoms with Gasteiger partial charge >= 0.3 is 11.9 Å². The van der Waals surface area contributed by atoms with Gasteiger partial charge in [0.05, 0.1) is 0 Å². The van der Waals surface area contributed by atoms with E-state index in [0.717, 1.165) is 5.39 Å². The fourth-order valence-corrected chi connectivity index (χ4v) is 1.93. The molecule has 0 saturated heterocycles. The molecular formula is C15H14O4. The second kappa shape index (κ2) is 5.52. The summed E-state index contributed by atoms with van der Waals surface area (Å²) < 4.78 is 5.14. The number of ether oxygens (including phenoxy) is 1. The zero-order chi connectivity index (χ0) is 13.8. The number of fused-ring (bicyclic) bond motifs is 1. The van der Waals surface area contributed by atoms with E-state index in [0.29, 0.717) is 11.8 Å². The first kappa shape index (κ1) is 13.1. The summed E-state index contributed by atoms with van der Waals surface area (Å²) in [5.74, 6) is -1.42. The second-order valence-electron chi connectivity index (χ2n) is 4.19. The van der Waals surface area contributed by atoms with Gasteiger partial charge in [0.1, 0.15) is 11.3 Å². The van der Waals surface area contributed by atoms with Gasteiger partial charge < -0.3 is 9.84 Å². The number of esters is 1. The van der Waals surface area contributed by atoms with Gasteiger partial charge in [-0.15, -0.1) is 0 Å². The van der Waals surface area contributed by atoms with E-state index in [2.05, 4.69) is 0 Å². The van der Waals surface area contributed by atoms with Crippen LogP contribution >= 0.6 is 0 Å². The second-order valence-corrected chi connectivity index (χ2v) is 4.19. The molecule has 2 aromatic rings. The molecule has 0 aliphatic carbocycles. The van der Waals surface area contributed by atoms with E-state index in [1.807, 2.05) is 19.1 Å². The smallest absolute Gasteiger partial charge is 0.340 e. The average molecular weight is 258 g/mol. The number of carbonyl (C=O) groups is 2. The number of hydrogen-bond donors (Lipinski definition) is 1. The minimum absolute atomic E-state index is 0.0301. The van der Waals surface area contributed by atoms with Crippen molar-refractivity contribution in [2.75, 3.05) is 0 Å². The predicted molar refractivity (Wildman–Crippen MR) is 71.5 cm³/mol. The maximum absolute atomic E-state index is 11.5. The SMILES string of the molecule is CCCC(=O)Oc1ccc2ccccc2c1C(=O)O.